The topological polar surface area (TPSA) is 73.1 Å². The van der Waals surface area contributed by atoms with Crippen LogP contribution in [-0.4, -0.2) is 62.6 Å². The molecule has 0 radical (unpaired) electrons. The van der Waals surface area contributed by atoms with Crippen molar-refractivity contribution in [1.29, 1.82) is 0 Å². The number of nitrogens with zero attached hydrogens (tertiary/aromatic N) is 5. The van der Waals surface area contributed by atoms with Crippen molar-refractivity contribution in [1.82, 2.24) is 25.1 Å². The number of carbonyl (C=O) groups is 1. The minimum Gasteiger partial charge on any atom is -0.375 e. The van der Waals surface area contributed by atoms with Crippen LogP contribution in [0.25, 0.3) is 5.69 Å². The maximum atomic E-state index is 12.4. The molecule has 0 saturated carbocycles. The molecule has 1 aliphatic heterocycles. The Morgan fingerprint density at radius 3 is 3.12 bits per heavy atom. The molecule has 0 aliphatic carbocycles. The minimum absolute atomic E-state index is 0.0977. The van der Waals surface area contributed by atoms with E-state index in [1.165, 1.54) is 11.8 Å². The van der Waals surface area contributed by atoms with Gasteiger partial charge in [0.05, 0.1) is 24.2 Å². The number of aryl methyl sites for hydroxylation is 1. The van der Waals surface area contributed by atoms with Gasteiger partial charge in [0.2, 0.25) is 11.1 Å². The lowest BCUT2D eigenvalue weighted by molar-refractivity contribution is -0.135. The highest BCUT2D eigenvalue weighted by Gasteiger charge is 2.23. The first-order valence-electron chi connectivity index (χ1n) is 8.05. The zero-order valence-corrected chi connectivity index (χ0v) is 14.7. The van der Waals surface area contributed by atoms with Gasteiger partial charge in [0.25, 0.3) is 0 Å². The van der Waals surface area contributed by atoms with Crippen molar-refractivity contribution in [3.8, 4) is 5.69 Å². The maximum absolute atomic E-state index is 12.4. The largest absolute Gasteiger partial charge is 0.375 e. The van der Waals surface area contributed by atoms with Gasteiger partial charge in [0.1, 0.15) is 0 Å². The first kappa shape index (κ1) is 16.9. The fourth-order valence-electron chi connectivity index (χ4n) is 2.60. The number of tetrazole rings is 1. The Labute approximate surface area is 145 Å². The molecule has 1 aromatic carbocycles. The van der Waals surface area contributed by atoms with Crippen LogP contribution in [0, 0.1) is 6.92 Å². The molecule has 2 aromatic rings. The van der Waals surface area contributed by atoms with Gasteiger partial charge in [-0.1, -0.05) is 30.8 Å². The molecule has 2 heterocycles. The molecule has 8 heteroatoms. The molecule has 0 bridgehead atoms. The van der Waals surface area contributed by atoms with Gasteiger partial charge in [-0.25, -0.2) is 0 Å². The number of morpholine rings is 1. The van der Waals surface area contributed by atoms with Crippen LogP contribution in [0.2, 0.25) is 0 Å². The second-order valence-electron chi connectivity index (χ2n) is 5.74. The number of ether oxygens (including phenoxy) is 1. The van der Waals surface area contributed by atoms with E-state index in [0.717, 1.165) is 17.7 Å². The predicted molar refractivity (Wildman–Crippen MR) is 91.2 cm³/mol. The zero-order chi connectivity index (χ0) is 16.9. The smallest absolute Gasteiger partial charge is 0.233 e. The van der Waals surface area contributed by atoms with Gasteiger partial charge in [-0.3, -0.25) is 4.79 Å². The van der Waals surface area contributed by atoms with Gasteiger partial charge in [0.15, 0.2) is 0 Å². The van der Waals surface area contributed by atoms with Crippen LogP contribution >= 0.6 is 11.8 Å². The molecule has 1 saturated heterocycles. The summed E-state index contributed by atoms with van der Waals surface area (Å²) < 4.78 is 7.27. The molecule has 1 unspecified atom stereocenters. The zero-order valence-electron chi connectivity index (χ0n) is 13.9. The van der Waals surface area contributed by atoms with Crippen LogP contribution < -0.4 is 0 Å². The first-order chi connectivity index (χ1) is 11.7. The van der Waals surface area contributed by atoms with Crippen molar-refractivity contribution in [3.05, 3.63) is 29.8 Å². The number of aromatic nitrogens is 4. The van der Waals surface area contributed by atoms with Crippen LogP contribution in [0.1, 0.15) is 18.9 Å². The molecule has 128 valence electrons. The number of rotatable bonds is 5. The quantitative estimate of drug-likeness (QED) is 0.767. The number of thioether (sulfide) groups is 1. The van der Waals surface area contributed by atoms with E-state index in [4.69, 9.17) is 4.74 Å². The summed E-state index contributed by atoms with van der Waals surface area (Å²) in [6, 6.07) is 7.94. The molecular weight excluding hydrogens is 326 g/mol. The first-order valence-corrected chi connectivity index (χ1v) is 9.03. The number of benzene rings is 1. The lowest BCUT2D eigenvalue weighted by atomic mass is 10.2. The van der Waals surface area contributed by atoms with Gasteiger partial charge < -0.3 is 9.64 Å². The van der Waals surface area contributed by atoms with Crippen molar-refractivity contribution >= 4 is 17.7 Å². The third kappa shape index (κ3) is 3.93. The average molecular weight is 347 g/mol. The van der Waals surface area contributed by atoms with E-state index in [1.807, 2.05) is 36.1 Å². The Bertz CT molecular complexity index is 705. The summed E-state index contributed by atoms with van der Waals surface area (Å²) in [5, 5.41) is 12.4. The van der Waals surface area contributed by atoms with Gasteiger partial charge >= 0.3 is 0 Å². The molecular formula is C16H21N5O2S. The highest BCUT2D eigenvalue weighted by atomic mass is 32.2. The van der Waals surface area contributed by atoms with E-state index in [0.29, 0.717) is 30.6 Å². The van der Waals surface area contributed by atoms with Gasteiger partial charge in [-0.15, -0.1) is 5.10 Å². The maximum Gasteiger partial charge on any atom is 0.233 e. The summed E-state index contributed by atoms with van der Waals surface area (Å²) in [4.78, 5) is 14.3. The van der Waals surface area contributed by atoms with Gasteiger partial charge in [-0.2, -0.15) is 4.68 Å². The monoisotopic (exact) mass is 347 g/mol. The lowest BCUT2D eigenvalue weighted by Crippen LogP contribution is -2.46. The van der Waals surface area contributed by atoms with Crippen molar-refractivity contribution in [2.24, 2.45) is 0 Å². The van der Waals surface area contributed by atoms with Crippen LogP contribution in [0.5, 0.6) is 0 Å². The Morgan fingerprint density at radius 2 is 2.33 bits per heavy atom. The molecule has 0 N–H and O–H groups in total. The van der Waals surface area contributed by atoms with E-state index < -0.39 is 0 Å². The standard InChI is InChI=1S/C16H21N5O2S/c1-3-14-10-20(7-8-23-14)15(22)11-24-16-17-18-19-21(16)13-6-4-5-12(2)9-13/h4-6,9,14H,3,7-8,10-11H2,1-2H3. The molecule has 3 rings (SSSR count). The van der Waals surface area contributed by atoms with Crippen LogP contribution in [0.4, 0.5) is 0 Å². The summed E-state index contributed by atoms with van der Waals surface area (Å²) in [5.74, 6) is 0.420. The van der Waals surface area contributed by atoms with E-state index >= 15 is 0 Å². The molecule has 1 fully saturated rings. The molecule has 0 spiro atoms. The van der Waals surface area contributed by atoms with E-state index in [9.17, 15) is 4.79 Å². The molecule has 7 nitrogen and oxygen atoms in total. The molecule has 1 amide bonds. The normalized spacial score (nSPS) is 17.9. The second kappa shape index (κ2) is 7.76. The van der Waals surface area contributed by atoms with Crippen LogP contribution in [-0.2, 0) is 9.53 Å². The SMILES string of the molecule is CCC1CN(C(=O)CSc2nnnn2-c2cccc(C)c2)CCO1. The highest BCUT2D eigenvalue weighted by molar-refractivity contribution is 7.99. The summed E-state index contributed by atoms with van der Waals surface area (Å²) in [6.07, 6.45) is 1.06. The molecule has 1 atom stereocenters. The number of hydrogen-bond donors (Lipinski definition) is 0. The third-order valence-electron chi connectivity index (χ3n) is 3.96. The highest BCUT2D eigenvalue weighted by Crippen LogP contribution is 2.20. The molecule has 1 aromatic heterocycles. The van der Waals surface area contributed by atoms with Crippen molar-refractivity contribution in [2.75, 3.05) is 25.4 Å². The number of amides is 1. The molecule has 1 aliphatic rings. The van der Waals surface area contributed by atoms with Crippen LogP contribution in [0.15, 0.2) is 29.4 Å². The lowest BCUT2D eigenvalue weighted by Gasteiger charge is -2.32. The number of hydrogen-bond acceptors (Lipinski definition) is 6. The fraction of sp³-hybridized carbons (Fsp3) is 0.500. The van der Waals surface area contributed by atoms with Crippen molar-refractivity contribution < 1.29 is 9.53 Å². The Morgan fingerprint density at radius 1 is 1.46 bits per heavy atom. The Hall–Kier alpha value is -1.93. The van der Waals surface area contributed by atoms with Gasteiger partial charge in [-0.05, 0) is 41.5 Å². The molecule has 24 heavy (non-hydrogen) atoms. The average Bonchev–Trinajstić information content (AvgIpc) is 3.08. The minimum atomic E-state index is 0.0977. The summed E-state index contributed by atoms with van der Waals surface area (Å²) in [6.45, 7) is 6.02. The Kier molecular flexibility index (Phi) is 5.47. The summed E-state index contributed by atoms with van der Waals surface area (Å²) in [5.41, 5.74) is 2.03. The predicted octanol–water partition coefficient (Wildman–Crippen LogP) is 1.70. The van der Waals surface area contributed by atoms with Crippen molar-refractivity contribution in [2.45, 2.75) is 31.5 Å². The third-order valence-corrected chi connectivity index (χ3v) is 4.86. The fourth-order valence-corrected chi connectivity index (χ4v) is 3.39. The number of carbonyl (C=O) groups excluding carboxylic acids is 1. The van der Waals surface area contributed by atoms with E-state index in [-0.39, 0.29) is 12.0 Å². The Balaban J connectivity index is 1.63. The van der Waals surface area contributed by atoms with E-state index in [2.05, 4.69) is 22.4 Å². The van der Waals surface area contributed by atoms with E-state index in [1.54, 1.807) is 4.68 Å². The second-order valence-corrected chi connectivity index (χ2v) is 6.68. The summed E-state index contributed by atoms with van der Waals surface area (Å²) >= 11 is 1.36. The summed E-state index contributed by atoms with van der Waals surface area (Å²) in [7, 11) is 0. The van der Waals surface area contributed by atoms with Crippen molar-refractivity contribution in [3.63, 3.8) is 0 Å². The van der Waals surface area contributed by atoms with Crippen LogP contribution in [0.3, 0.4) is 0 Å². The van der Waals surface area contributed by atoms with Gasteiger partial charge in [0, 0.05) is 13.1 Å².